The molecule has 1 saturated carbocycles. The van der Waals surface area contributed by atoms with Gasteiger partial charge in [0.15, 0.2) is 0 Å². The molecule has 4 rings (SSSR count). The maximum absolute atomic E-state index is 13.8. The van der Waals surface area contributed by atoms with E-state index in [-0.39, 0.29) is 23.9 Å². The molecule has 2 aliphatic rings. The van der Waals surface area contributed by atoms with Gasteiger partial charge in [0.05, 0.1) is 24.2 Å². The molecule has 2 aromatic rings. The minimum absolute atomic E-state index is 0.0357. The second-order valence-electron chi connectivity index (χ2n) is 9.11. The van der Waals surface area contributed by atoms with Gasteiger partial charge in [0.1, 0.15) is 11.9 Å². The van der Waals surface area contributed by atoms with Crippen LogP contribution in [0, 0.1) is 18.8 Å². The zero-order valence-electron chi connectivity index (χ0n) is 18.3. The summed E-state index contributed by atoms with van der Waals surface area (Å²) in [7, 11) is 1.32. The fourth-order valence-electron chi connectivity index (χ4n) is 5.18. The highest BCUT2D eigenvalue weighted by atomic mass is 16.5. The second-order valence-corrected chi connectivity index (χ2v) is 9.11. The highest BCUT2D eigenvalue weighted by molar-refractivity contribution is 5.87. The van der Waals surface area contributed by atoms with Crippen molar-refractivity contribution in [3.63, 3.8) is 0 Å². The van der Waals surface area contributed by atoms with Crippen molar-refractivity contribution in [2.24, 2.45) is 11.8 Å². The number of nitrogens with one attached hydrogen (secondary N) is 2. The number of benzene rings is 1. The largest absolute Gasteiger partial charge is 0.453 e. The summed E-state index contributed by atoms with van der Waals surface area (Å²) in [6, 6.07) is 5.65. The number of carbonyl (C=O) groups is 2. The number of carbonyl (C=O) groups excluding carboxylic acids is 2. The Labute approximate surface area is 177 Å². The minimum Gasteiger partial charge on any atom is -0.453 e. The number of nitrogens with zero attached hydrogens (tertiary/aromatic N) is 2. The summed E-state index contributed by atoms with van der Waals surface area (Å²) in [5, 5.41) is 2.76. The van der Waals surface area contributed by atoms with Gasteiger partial charge in [-0.3, -0.25) is 4.79 Å². The Balaban J connectivity index is 1.70. The Hall–Kier alpha value is -2.57. The fourth-order valence-corrected chi connectivity index (χ4v) is 5.18. The Bertz CT molecular complexity index is 938. The SMILES string of the molecule is COC(=O)NC(C(=O)N1C(c2nc3ccc(C)cc3[nH]2)CC2CCCCC21)C(C)C. The number of methoxy groups -OCH3 is 1. The molecule has 1 aliphatic heterocycles. The van der Waals surface area contributed by atoms with Crippen LogP contribution in [0.1, 0.15) is 63.4 Å². The van der Waals surface area contributed by atoms with Gasteiger partial charge in [-0.2, -0.15) is 0 Å². The van der Waals surface area contributed by atoms with Crippen LogP contribution in [0.5, 0.6) is 0 Å². The van der Waals surface area contributed by atoms with E-state index in [1.54, 1.807) is 0 Å². The van der Waals surface area contributed by atoms with Crippen LogP contribution >= 0.6 is 0 Å². The molecule has 1 saturated heterocycles. The van der Waals surface area contributed by atoms with E-state index in [2.05, 4.69) is 29.4 Å². The van der Waals surface area contributed by atoms with Gasteiger partial charge < -0.3 is 19.9 Å². The van der Waals surface area contributed by atoms with Crippen molar-refractivity contribution in [2.75, 3.05) is 7.11 Å². The number of ether oxygens (including phenoxy) is 1. The fraction of sp³-hybridized carbons (Fsp3) is 0.609. The third kappa shape index (κ3) is 3.77. The van der Waals surface area contributed by atoms with Crippen LogP contribution in [0.3, 0.4) is 0 Å². The van der Waals surface area contributed by atoms with Gasteiger partial charge in [-0.1, -0.05) is 32.8 Å². The van der Waals surface area contributed by atoms with Crippen LogP contribution in [0.15, 0.2) is 18.2 Å². The molecule has 162 valence electrons. The van der Waals surface area contributed by atoms with E-state index in [1.807, 2.05) is 24.8 Å². The third-order valence-electron chi connectivity index (χ3n) is 6.71. The second kappa shape index (κ2) is 8.28. The zero-order valence-corrected chi connectivity index (χ0v) is 18.3. The van der Waals surface area contributed by atoms with Crippen molar-refractivity contribution in [3.8, 4) is 0 Å². The lowest BCUT2D eigenvalue weighted by Gasteiger charge is -2.36. The summed E-state index contributed by atoms with van der Waals surface area (Å²) in [5.74, 6) is 1.25. The topological polar surface area (TPSA) is 87.3 Å². The number of hydrogen-bond donors (Lipinski definition) is 2. The van der Waals surface area contributed by atoms with Gasteiger partial charge in [-0.25, -0.2) is 9.78 Å². The first-order valence-electron chi connectivity index (χ1n) is 11.0. The number of rotatable bonds is 4. The van der Waals surface area contributed by atoms with Crippen LogP contribution in [0.2, 0.25) is 0 Å². The predicted molar refractivity (Wildman–Crippen MR) is 115 cm³/mol. The molecular weight excluding hydrogens is 380 g/mol. The number of hydrogen-bond acceptors (Lipinski definition) is 4. The lowest BCUT2D eigenvalue weighted by atomic mass is 9.84. The first kappa shape index (κ1) is 20.7. The van der Waals surface area contributed by atoms with Gasteiger partial charge in [-0.05, 0) is 55.7 Å². The number of alkyl carbamates (subject to hydrolysis) is 1. The van der Waals surface area contributed by atoms with E-state index in [1.165, 1.54) is 19.1 Å². The van der Waals surface area contributed by atoms with Crippen LogP contribution in [-0.2, 0) is 9.53 Å². The Morgan fingerprint density at radius 2 is 2.03 bits per heavy atom. The average Bonchev–Trinajstić information content (AvgIpc) is 3.31. The van der Waals surface area contributed by atoms with Crippen molar-refractivity contribution >= 4 is 23.0 Å². The number of likely N-dealkylation sites (tertiary alicyclic amines) is 1. The molecule has 4 unspecified atom stereocenters. The number of aromatic amines is 1. The van der Waals surface area contributed by atoms with Gasteiger partial charge in [0, 0.05) is 6.04 Å². The lowest BCUT2D eigenvalue weighted by molar-refractivity contribution is -0.138. The monoisotopic (exact) mass is 412 g/mol. The lowest BCUT2D eigenvalue weighted by Crippen LogP contribution is -2.53. The number of aryl methyl sites for hydroxylation is 1. The molecule has 0 spiro atoms. The summed E-state index contributed by atoms with van der Waals surface area (Å²) < 4.78 is 4.77. The summed E-state index contributed by atoms with van der Waals surface area (Å²) in [6.45, 7) is 5.96. The van der Waals surface area contributed by atoms with Crippen LogP contribution in [0.4, 0.5) is 4.79 Å². The maximum Gasteiger partial charge on any atom is 0.407 e. The van der Waals surface area contributed by atoms with E-state index >= 15 is 0 Å². The molecule has 7 nitrogen and oxygen atoms in total. The Morgan fingerprint density at radius 1 is 1.27 bits per heavy atom. The molecule has 1 aliphatic carbocycles. The highest BCUT2D eigenvalue weighted by Crippen LogP contribution is 2.46. The summed E-state index contributed by atoms with van der Waals surface area (Å²) in [5.41, 5.74) is 3.10. The first-order chi connectivity index (χ1) is 14.4. The minimum atomic E-state index is -0.618. The quantitative estimate of drug-likeness (QED) is 0.792. The average molecular weight is 413 g/mol. The molecule has 30 heavy (non-hydrogen) atoms. The molecule has 0 bridgehead atoms. The van der Waals surface area contributed by atoms with Crippen molar-refractivity contribution in [2.45, 2.75) is 71.0 Å². The van der Waals surface area contributed by atoms with Crippen molar-refractivity contribution in [1.29, 1.82) is 0 Å². The van der Waals surface area contributed by atoms with Crippen molar-refractivity contribution in [3.05, 3.63) is 29.6 Å². The molecule has 4 atom stereocenters. The highest BCUT2D eigenvalue weighted by Gasteiger charge is 2.48. The van der Waals surface area contributed by atoms with E-state index < -0.39 is 12.1 Å². The van der Waals surface area contributed by atoms with E-state index in [9.17, 15) is 9.59 Å². The molecule has 2 N–H and O–H groups in total. The van der Waals surface area contributed by atoms with Crippen LogP contribution in [0.25, 0.3) is 11.0 Å². The Morgan fingerprint density at radius 3 is 2.77 bits per heavy atom. The molecule has 0 radical (unpaired) electrons. The van der Waals surface area contributed by atoms with E-state index in [0.29, 0.717) is 5.92 Å². The molecule has 2 heterocycles. The van der Waals surface area contributed by atoms with Crippen LogP contribution in [-0.4, -0.2) is 46.1 Å². The molecule has 2 fully saturated rings. The normalized spacial score (nSPS) is 24.7. The molecule has 1 aromatic carbocycles. The van der Waals surface area contributed by atoms with Gasteiger partial charge in [0.25, 0.3) is 0 Å². The van der Waals surface area contributed by atoms with Gasteiger partial charge in [0.2, 0.25) is 5.91 Å². The Kier molecular flexibility index (Phi) is 5.71. The van der Waals surface area contributed by atoms with E-state index in [0.717, 1.165) is 42.5 Å². The van der Waals surface area contributed by atoms with E-state index in [4.69, 9.17) is 9.72 Å². The standard InChI is InChI=1S/C23H32N4O3/c1-13(2)20(26-23(29)30-4)22(28)27-18-8-6-5-7-15(18)12-19(27)21-24-16-10-9-14(3)11-17(16)25-21/h9-11,13,15,18-20H,5-8,12H2,1-4H3,(H,24,25)(H,26,29). The molecular formula is C23H32N4O3. The maximum atomic E-state index is 13.8. The third-order valence-corrected chi connectivity index (χ3v) is 6.71. The molecule has 7 heteroatoms. The zero-order chi connectivity index (χ0) is 21.4. The predicted octanol–water partition coefficient (Wildman–Crippen LogP) is 4.08. The van der Waals surface area contributed by atoms with Gasteiger partial charge in [-0.15, -0.1) is 0 Å². The van der Waals surface area contributed by atoms with Crippen molar-refractivity contribution in [1.82, 2.24) is 20.2 Å². The van der Waals surface area contributed by atoms with Crippen LogP contribution < -0.4 is 5.32 Å². The number of H-pyrrole nitrogens is 1. The smallest absolute Gasteiger partial charge is 0.407 e. The summed E-state index contributed by atoms with van der Waals surface area (Å²) in [6.07, 6.45) is 4.84. The number of imidazole rings is 1. The number of amides is 2. The number of fused-ring (bicyclic) bond motifs is 2. The summed E-state index contributed by atoms with van der Waals surface area (Å²) in [4.78, 5) is 36.0. The van der Waals surface area contributed by atoms with Gasteiger partial charge >= 0.3 is 6.09 Å². The van der Waals surface area contributed by atoms with Crippen molar-refractivity contribution < 1.29 is 14.3 Å². The molecule has 1 aromatic heterocycles. The molecule has 2 amide bonds. The number of aromatic nitrogens is 2. The summed E-state index contributed by atoms with van der Waals surface area (Å²) >= 11 is 0. The first-order valence-corrected chi connectivity index (χ1v) is 11.0.